The molecule has 3 aliphatic heterocycles. The Labute approximate surface area is 189 Å². The standard InChI is InChI=1S/C23H27F4N5O/c24-22(25)16-1-5-28-19(9-16)29-20-10-17(11-21(30-20)32-8-4-23(26,27)14-32)15-2-6-31(7-3-15)18-12-33-13-18/h1,5,9-11,15,18,22H,2-4,6-8,12-14H2,(H,28,29,30). The summed E-state index contributed by atoms with van der Waals surface area (Å²) in [4.78, 5) is 12.7. The molecule has 2 aromatic rings. The van der Waals surface area contributed by atoms with E-state index < -0.39 is 12.3 Å². The normalized spacial score (nSPS) is 22.0. The maximum absolute atomic E-state index is 13.9. The molecule has 178 valence electrons. The fraction of sp³-hybridized carbons (Fsp3) is 0.565. The van der Waals surface area contributed by atoms with Crippen LogP contribution in [0.15, 0.2) is 30.5 Å². The van der Waals surface area contributed by atoms with Crippen molar-refractivity contribution >= 4 is 17.5 Å². The van der Waals surface area contributed by atoms with E-state index in [1.165, 1.54) is 18.3 Å². The van der Waals surface area contributed by atoms with Crippen molar-refractivity contribution < 1.29 is 22.3 Å². The predicted molar refractivity (Wildman–Crippen MR) is 117 cm³/mol. The Balaban J connectivity index is 1.39. The zero-order chi connectivity index (χ0) is 23.0. The molecular weight excluding hydrogens is 438 g/mol. The third kappa shape index (κ3) is 5.06. The van der Waals surface area contributed by atoms with Crippen LogP contribution in [-0.4, -0.2) is 66.2 Å². The van der Waals surface area contributed by atoms with E-state index in [0.29, 0.717) is 17.7 Å². The summed E-state index contributed by atoms with van der Waals surface area (Å²) in [5.74, 6) is -1.32. The van der Waals surface area contributed by atoms with Gasteiger partial charge in [-0.05, 0) is 61.7 Å². The fourth-order valence-corrected chi connectivity index (χ4v) is 4.74. The lowest BCUT2D eigenvalue weighted by Gasteiger charge is -2.41. The third-order valence-electron chi connectivity index (χ3n) is 6.76. The molecule has 0 unspecified atom stereocenters. The minimum absolute atomic E-state index is 0.143. The van der Waals surface area contributed by atoms with Crippen molar-refractivity contribution in [1.29, 1.82) is 0 Å². The average Bonchev–Trinajstić information content (AvgIpc) is 3.13. The van der Waals surface area contributed by atoms with Crippen molar-refractivity contribution in [1.82, 2.24) is 14.9 Å². The molecule has 6 nitrogen and oxygen atoms in total. The minimum Gasteiger partial charge on any atom is -0.378 e. The molecule has 10 heteroatoms. The SMILES string of the molecule is FC(F)c1ccnc(Nc2cc(C3CCN(C4COC4)CC3)cc(N3CCC(F)(F)C3)n2)c1. The Kier molecular flexibility index (Phi) is 6.13. The summed E-state index contributed by atoms with van der Waals surface area (Å²) < 4.78 is 59.2. The summed E-state index contributed by atoms with van der Waals surface area (Å²) in [6.07, 6.45) is 0.405. The number of rotatable bonds is 6. The van der Waals surface area contributed by atoms with Crippen molar-refractivity contribution in [3.8, 4) is 0 Å². The molecule has 0 spiro atoms. The Morgan fingerprint density at radius 1 is 1.06 bits per heavy atom. The first-order chi connectivity index (χ1) is 15.9. The number of hydrogen-bond donors (Lipinski definition) is 1. The lowest BCUT2D eigenvalue weighted by molar-refractivity contribution is -0.0712. The van der Waals surface area contributed by atoms with Crippen molar-refractivity contribution in [2.45, 2.75) is 43.6 Å². The maximum Gasteiger partial charge on any atom is 0.266 e. The largest absolute Gasteiger partial charge is 0.378 e. The van der Waals surface area contributed by atoms with Gasteiger partial charge in [0.05, 0.1) is 25.8 Å². The number of ether oxygens (including phenoxy) is 1. The molecule has 5 heterocycles. The highest BCUT2D eigenvalue weighted by molar-refractivity contribution is 5.58. The van der Waals surface area contributed by atoms with Gasteiger partial charge in [-0.3, -0.25) is 4.90 Å². The number of aromatic nitrogens is 2. The number of likely N-dealkylation sites (tertiary alicyclic amines) is 1. The highest BCUT2D eigenvalue weighted by Crippen LogP contribution is 2.36. The minimum atomic E-state index is -2.74. The van der Waals surface area contributed by atoms with E-state index in [4.69, 9.17) is 4.74 Å². The molecule has 0 atom stereocenters. The summed E-state index contributed by atoms with van der Waals surface area (Å²) in [6.45, 7) is 3.33. The van der Waals surface area contributed by atoms with Crippen LogP contribution in [0, 0.1) is 0 Å². The molecule has 3 aliphatic rings. The van der Waals surface area contributed by atoms with Crippen LogP contribution in [0.25, 0.3) is 0 Å². The number of pyridine rings is 2. The molecule has 2 aromatic heterocycles. The number of anilines is 3. The number of piperidine rings is 1. The van der Waals surface area contributed by atoms with Gasteiger partial charge in [0.1, 0.15) is 17.5 Å². The molecule has 0 amide bonds. The number of halogens is 4. The number of nitrogens with one attached hydrogen (secondary N) is 1. The van der Waals surface area contributed by atoms with Gasteiger partial charge in [-0.15, -0.1) is 0 Å². The van der Waals surface area contributed by atoms with Crippen molar-refractivity contribution in [3.63, 3.8) is 0 Å². The first-order valence-corrected chi connectivity index (χ1v) is 11.3. The lowest BCUT2D eigenvalue weighted by atomic mass is 9.89. The number of alkyl halides is 4. The van der Waals surface area contributed by atoms with E-state index in [1.807, 2.05) is 12.1 Å². The second kappa shape index (κ2) is 9.06. The summed E-state index contributed by atoms with van der Waals surface area (Å²) in [5.41, 5.74) is 0.877. The van der Waals surface area contributed by atoms with Crippen LogP contribution in [0.1, 0.15) is 42.7 Å². The van der Waals surface area contributed by atoms with Gasteiger partial charge in [-0.25, -0.2) is 27.5 Å². The van der Waals surface area contributed by atoms with Gasteiger partial charge in [0.15, 0.2) is 0 Å². The zero-order valence-electron chi connectivity index (χ0n) is 18.2. The Bertz CT molecular complexity index is 979. The molecule has 0 saturated carbocycles. The third-order valence-corrected chi connectivity index (χ3v) is 6.76. The van der Waals surface area contributed by atoms with Crippen LogP contribution in [0.3, 0.4) is 0 Å². The summed E-state index contributed by atoms with van der Waals surface area (Å²) in [5, 5.41) is 3.01. The molecule has 3 fully saturated rings. The van der Waals surface area contributed by atoms with Crippen LogP contribution in [0.4, 0.5) is 35.0 Å². The highest BCUT2D eigenvalue weighted by atomic mass is 19.3. The second-order valence-corrected chi connectivity index (χ2v) is 9.07. The van der Waals surface area contributed by atoms with E-state index in [0.717, 1.165) is 44.7 Å². The predicted octanol–water partition coefficient (Wildman–Crippen LogP) is 4.58. The second-order valence-electron chi connectivity index (χ2n) is 9.07. The van der Waals surface area contributed by atoms with E-state index in [1.54, 1.807) is 4.90 Å². The van der Waals surface area contributed by atoms with E-state index in [2.05, 4.69) is 20.2 Å². The van der Waals surface area contributed by atoms with Gasteiger partial charge in [0.25, 0.3) is 12.3 Å². The average molecular weight is 465 g/mol. The highest BCUT2D eigenvalue weighted by Gasteiger charge is 2.39. The Morgan fingerprint density at radius 2 is 1.85 bits per heavy atom. The van der Waals surface area contributed by atoms with Crippen LogP contribution in [0.2, 0.25) is 0 Å². The monoisotopic (exact) mass is 465 g/mol. The summed E-state index contributed by atoms with van der Waals surface area (Å²) in [7, 11) is 0. The molecular formula is C23H27F4N5O. The van der Waals surface area contributed by atoms with Gasteiger partial charge in [0.2, 0.25) is 0 Å². The van der Waals surface area contributed by atoms with Crippen LogP contribution < -0.4 is 10.2 Å². The topological polar surface area (TPSA) is 53.5 Å². The number of nitrogens with zero attached hydrogens (tertiary/aromatic N) is 4. The zero-order valence-corrected chi connectivity index (χ0v) is 18.2. The molecule has 0 bridgehead atoms. The summed E-state index contributed by atoms with van der Waals surface area (Å²) >= 11 is 0. The van der Waals surface area contributed by atoms with Crippen molar-refractivity contribution in [3.05, 3.63) is 41.6 Å². The van der Waals surface area contributed by atoms with Gasteiger partial charge < -0.3 is 15.0 Å². The maximum atomic E-state index is 13.9. The van der Waals surface area contributed by atoms with Crippen LogP contribution >= 0.6 is 0 Å². The first-order valence-electron chi connectivity index (χ1n) is 11.3. The van der Waals surface area contributed by atoms with Gasteiger partial charge in [-0.1, -0.05) is 0 Å². The van der Waals surface area contributed by atoms with Crippen molar-refractivity contribution in [2.75, 3.05) is 49.6 Å². The van der Waals surface area contributed by atoms with Gasteiger partial charge >= 0.3 is 0 Å². The molecule has 5 rings (SSSR count). The van der Waals surface area contributed by atoms with E-state index in [9.17, 15) is 17.6 Å². The number of hydrogen-bond acceptors (Lipinski definition) is 6. The molecule has 0 radical (unpaired) electrons. The summed E-state index contributed by atoms with van der Waals surface area (Å²) in [6, 6.07) is 6.83. The van der Waals surface area contributed by atoms with Crippen LogP contribution in [0.5, 0.6) is 0 Å². The Hall–Kier alpha value is -2.46. The van der Waals surface area contributed by atoms with Crippen molar-refractivity contribution in [2.24, 2.45) is 0 Å². The smallest absolute Gasteiger partial charge is 0.266 e. The van der Waals surface area contributed by atoms with Crippen LogP contribution in [-0.2, 0) is 4.74 Å². The first kappa shape index (κ1) is 22.3. The van der Waals surface area contributed by atoms with E-state index in [-0.39, 0.29) is 36.8 Å². The molecule has 0 aliphatic carbocycles. The van der Waals surface area contributed by atoms with Gasteiger partial charge in [0, 0.05) is 24.7 Å². The Morgan fingerprint density at radius 3 is 2.48 bits per heavy atom. The fourth-order valence-electron chi connectivity index (χ4n) is 4.74. The molecule has 0 aromatic carbocycles. The van der Waals surface area contributed by atoms with E-state index >= 15 is 0 Å². The molecule has 33 heavy (non-hydrogen) atoms. The molecule has 3 saturated heterocycles. The molecule has 1 N–H and O–H groups in total. The van der Waals surface area contributed by atoms with Gasteiger partial charge in [-0.2, -0.15) is 0 Å². The lowest BCUT2D eigenvalue weighted by Crippen LogP contribution is -2.51. The quantitative estimate of drug-likeness (QED) is 0.631.